The third-order valence-corrected chi connectivity index (χ3v) is 3.76. The van der Waals surface area contributed by atoms with Crippen LogP contribution in [0.1, 0.15) is 11.5 Å². The molecule has 112 valence electrons. The highest BCUT2D eigenvalue weighted by Gasteiger charge is 2.17. The smallest absolute Gasteiger partial charge is 0.144 e. The lowest BCUT2D eigenvalue weighted by Crippen LogP contribution is -2.47. The number of halogens is 1. The van der Waals surface area contributed by atoms with Gasteiger partial charge in [0.2, 0.25) is 0 Å². The topological polar surface area (TPSA) is 35.5 Å². The van der Waals surface area contributed by atoms with Gasteiger partial charge in [0.1, 0.15) is 11.0 Å². The van der Waals surface area contributed by atoms with Crippen LogP contribution in [-0.4, -0.2) is 78.0 Å². The van der Waals surface area contributed by atoms with Crippen LogP contribution in [0.4, 0.5) is 0 Å². The molecule has 0 amide bonds. The van der Waals surface area contributed by atoms with Gasteiger partial charge in [0.05, 0.1) is 6.54 Å². The summed E-state index contributed by atoms with van der Waals surface area (Å²) in [5.74, 6) is 0.830. The molecule has 0 aromatic carbocycles. The van der Waals surface area contributed by atoms with Gasteiger partial charge in [-0.05, 0) is 27.1 Å². The summed E-state index contributed by atoms with van der Waals surface area (Å²) in [6.45, 7) is 9.40. The Balaban J connectivity index is 1.79. The van der Waals surface area contributed by atoms with E-state index in [1.54, 1.807) is 6.07 Å². The Hall–Kier alpha value is -0.750. The fourth-order valence-corrected chi connectivity index (χ4v) is 2.63. The number of rotatable bonds is 5. The standard InChI is InChI=1S/C14H24ClN5/c1-12-10-13(15)17-14(16-12)11-20-8-6-19(7-9-20)5-4-18(2)3/h10H,4-9,11H2,1-3H3. The van der Waals surface area contributed by atoms with E-state index >= 15 is 0 Å². The maximum absolute atomic E-state index is 5.98. The zero-order chi connectivity index (χ0) is 14.5. The Bertz CT molecular complexity index is 409. The number of piperazine rings is 1. The second-order valence-electron chi connectivity index (χ2n) is 5.67. The lowest BCUT2D eigenvalue weighted by Gasteiger charge is -2.34. The van der Waals surface area contributed by atoms with Gasteiger partial charge in [-0.1, -0.05) is 11.6 Å². The maximum atomic E-state index is 5.98. The van der Waals surface area contributed by atoms with Gasteiger partial charge in [0.25, 0.3) is 0 Å². The highest BCUT2D eigenvalue weighted by Crippen LogP contribution is 2.10. The number of aryl methyl sites for hydroxylation is 1. The van der Waals surface area contributed by atoms with E-state index in [1.165, 1.54) is 0 Å². The van der Waals surface area contributed by atoms with Gasteiger partial charge in [0, 0.05) is 45.0 Å². The summed E-state index contributed by atoms with van der Waals surface area (Å²) < 4.78 is 0. The van der Waals surface area contributed by atoms with Crippen molar-refractivity contribution in [2.75, 3.05) is 53.4 Å². The van der Waals surface area contributed by atoms with Gasteiger partial charge in [-0.15, -0.1) is 0 Å². The second kappa shape index (κ2) is 7.31. The summed E-state index contributed by atoms with van der Waals surface area (Å²) >= 11 is 5.98. The van der Waals surface area contributed by atoms with E-state index < -0.39 is 0 Å². The Labute approximate surface area is 126 Å². The molecule has 1 aliphatic rings. The van der Waals surface area contributed by atoms with E-state index in [9.17, 15) is 0 Å². The average Bonchev–Trinajstić information content (AvgIpc) is 2.36. The largest absolute Gasteiger partial charge is 0.308 e. The molecule has 5 nitrogen and oxygen atoms in total. The molecular formula is C14H24ClN5. The highest BCUT2D eigenvalue weighted by molar-refractivity contribution is 6.29. The molecule has 0 saturated carbocycles. The lowest BCUT2D eigenvalue weighted by atomic mass is 10.3. The predicted molar refractivity (Wildman–Crippen MR) is 82.1 cm³/mol. The van der Waals surface area contributed by atoms with E-state index in [1.807, 2.05) is 6.92 Å². The molecular weight excluding hydrogens is 274 g/mol. The van der Waals surface area contributed by atoms with Crippen LogP contribution in [0.5, 0.6) is 0 Å². The molecule has 0 bridgehead atoms. The number of likely N-dealkylation sites (N-methyl/N-ethyl adjacent to an activating group) is 1. The molecule has 2 heterocycles. The molecule has 1 saturated heterocycles. The van der Waals surface area contributed by atoms with E-state index in [4.69, 9.17) is 11.6 Å². The molecule has 6 heteroatoms. The fraction of sp³-hybridized carbons (Fsp3) is 0.714. The minimum absolute atomic E-state index is 0.539. The van der Waals surface area contributed by atoms with Crippen LogP contribution in [0, 0.1) is 6.92 Å². The number of aromatic nitrogens is 2. The van der Waals surface area contributed by atoms with Crippen molar-refractivity contribution in [3.8, 4) is 0 Å². The lowest BCUT2D eigenvalue weighted by molar-refractivity contribution is 0.118. The fourth-order valence-electron chi connectivity index (χ4n) is 2.37. The van der Waals surface area contributed by atoms with Crippen molar-refractivity contribution >= 4 is 11.6 Å². The molecule has 0 aliphatic carbocycles. The van der Waals surface area contributed by atoms with E-state index in [2.05, 4.69) is 38.8 Å². The van der Waals surface area contributed by atoms with Gasteiger partial charge in [-0.2, -0.15) is 0 Å². The first-order valence-corrected chi connectivity index (χ1v) is 7.50. The summed E-state index contributed by atoms with van der Waals surface area (Å²) in [6, 6.07) is 1.80. The zero-order valence-corrected chi connectivity index (χ0v) is 13.4. The molecule has 0 N–H and O–H groups in total. The average molecular weight is 298 g/mol. The number of hydrogen-bond acceptors (Lipinski definition) is 5. The summed E-state index contributed by atoms with van der Waals surface area (Å²) in [4.78, 5) is 15.9. The monoisotopic (exact) mass is 297 g/mol. The Morgan fingerprint density at radius 1 is 1.15 bits per heavy atom. The molecule has 1 aliphatic heterocycles. The zero-order valence-electron chi connectivity index (χ0n) is 12.6. The van der Waals surface area contributed by atoms with Crippen LogP contribution in [0.2, 0.25) is 5.15 Å². The molecule has 1 fully saturated rings. The first-order valence-electron chi connectivity index (χ1n) is 7.12. The van der Waals surface area contributed by atoms with Crippen LogP contribution >= 0.6 is 11.6 Å². The van der Waals surface area contributed by atoms with Crippen LogP contribution in [0.3, 0.4) is 0 Å². The molecule has 0 atom stereocenters. The SMILES string of the molecule is Cc1cc(Cl)nc(CN2CCN(CCN(C)C)CC2)n1. The van der Waals surface area contributed by atoms with E-state index in [0.29, 0.717) is 5.15 Å². The van der Waals surface area contributed by atoms with Crippen molar-refractivity contribution in [3.63, 3.8) is 0 Å². The predicted octanol–water partition coefficient (Wildman–Crippen LogP) is 1.12. The van der Waals surface area contributed by atoms with Crippen molar-refractivity contribution in [2.24, 2.45) is 0 Å². The highest BCUT2D eigenvalue weighted by atomic mass is 35.5. The molecule has 1 aromatic rings. The maximum Gasteiger partial charge on any atom is 0.144 e. The molecule has 0 unspecified atom stereocenters. The molecule has 2 rings (SSSR count). The van der Waals surface area contributed by atoms with Crippen LogP contribution in [0.25, 0.3) is 0 Å². The quantitative estimate of drug-likeness (QED) is 0.761. The molecule has 1 aromatic heterocycles. The van der Waals surface area contributed by atoms with Gasteiger partial charge >= 0.3 is 0 Å². The van der Waals surface area contributed by atoms with Gasteiger partial charge in [-0.3, -0.25) is 9.80 Å². The normalized spacial score (nSPS) is 17.9. The summed E-state index contributed by atoms with van der Waals surface area (Å²) in [6.07, 6.45) is 0. The van der Waals surface area contributed by atoms with E-state index in [-0.39, 0.29) is 0 Å². The van der Waals surface area contributed by atoms with Gasteiger partial charge in [0.15, 0.2) is 0 Å². The molecule has 0 radical (unpaired) electrons. The Morgan fingerprint density at radius 2 is 1.80 bits per heavy atom. The Kier molecular flexibility index (Phi) is 5.72. The molecule has 20 heavy (non-hydrogen) atoms. The second-order valence-corrected chi connectivity index (χ2v) is 6.06. The van der Waals surface area contributed by atoms with Crippen molar-refractivity contribution in [1.29, 1.82) is 0 Å². The third-order valence-electron chi connectivity index (χ3n) is 3.56. The van der Waals surface area contributed by atoms with Gasteiger partial charge < -0.3 is 4.90 Å². The molecule has 0 spiro atoms. The van der Waals surface area contributed by atoms with Gasteiger partial charge in [-0.25, -0.2) is 9.97 Å². The first kappa shape index (κ1) is 15.6. The number of hydrogen-bond donors (Lipinski definition) is 0. The summed E-state index contributed by atoms with van der Waals surface area (Å²) in [5.41, 5.74) is 0.935. The first-order chi connectivity index (χ1) is 9.52. The van der Waals surface area contributed by atoms with E-state index in [0.717, 1.165) is 57.3 Å². The minimum Gasteiger partial charge on any atom is -0.308 e. The van der Waals surface area contributed by atoms with Crippen molar-refractivity contribution < 1.29 is 0 Å². The summed E-state index contributed by atoms with van der Waals surface area (Å²) in [7, 11) is 4.24. The summed E-state index contributed by atoms with van der Waals surface area (Å²) in [5, 5.41) is 0.539. The minimum atomic E-state index is 0.539. The van der Waals surface area contributed by atoms with Crippen LogP contribution in [-0.2, 0) is 6.54 Å². The van der Waals surface area contributed by atoms with Crippen LogP contribution < -0.4 is 0 Å². The van der Waals surface area contributed by atoms with Crippen molar-refractivity contribution in [1.82, 2.24) is 24.7 Å². The Morgan fingerprint density at radius 3 is 2.40 bits per heavy atom. The van der Waals surface area contributed by atoms with Crippen LogP contribution in [0.15, 0.2) is 6.07 Å². The van der Waals surface area contributed by atoms with Crippen molar-refractivity contribution in [3.05, 3.63) is 22.7 Å². The third kappa shape index (κ3) is 4.98. The number of nitrogens with zero attached hydrogens (tertiary/aromatic N) is 5. The van der Waals surface area contributed by atoms with Crippen molar-refractivity contribution in [2.45, 2.75) is 13.5 Å².